The van der Waals surface area contributed by atoms with Crippen LogP contribution in [0.1, 0.15) is 18.1 Å². The minimum Gasteiger partial charge on any atom is -0.467 e. The third-order valence-corrected chi connectivity index (χ3v) is 2.15. The van der Waals surface area contributed by atoms with Crippen molar-refractivity contribution in [3.05, 3.63) is 42.0 Å². The Morgan fingerprint density at radius 2 is 2.20 bits per heavy atom. The first-order chi connectivity index (χ1) is 7.29. The summed E-state index contributed by atoms with van der Waals surface area (Å²) >= 11 is 0. The number of hydrogen-bond acceptors (Lipinski definition) is 2. The molecule has 0 aliphatic rings. The van der Waals surface area contributed by atoms with E-state index in [2.05, 4.69) is 12.6 Å². The Labute approximate surface area is 91.5 Å². The molecule has 0 aromatic heterocycles. The second kappa shape index (κ2) is 6.25. The van der Waals surface area contributed by atoms with E-state index >= 15 is 0 Å². The largest absolute Gasteiger partial charge is 0.467 e. The predicted octanol–water partition coefficient (Wildman–Crippen LogP) is 3.10. The molecule has 15 heavy (non-hydrogen) atoms. The summed E-state index contributed by atoms with van der Waals surface area (Å²) in [5, 5.41) is 0. The molecule has 0 saturated heterocycles. The summed E-state index contributed by atoms with van der Waals surface area (Å²) in [6, 6.07) is 6.12. The van der Waals surface area contributed by atoms with Crippen LogP contribution in [0.15, 0.2) is 30.9 Å². The van der Waals surface area contributed by atoms with Gasteiger partial charge in [-0.05, 0) is 31.4 Å². The van der Waals surface area contributed by atoms with E-state index < -0.39 is 0 Å². The molecule has 0 spiro atoms. The Hall–Kier alpha value is -1.28. The molecule has 0 amide bonds. The molecule has 0 aliphatic carbocycles. The monoisotopic (exact) mass is 206 g/mol. The summed E-state index contributed by atoms with van der Waals surface area (Å²) in [6.45, 7) is 8.70. The van der Waals surface area contributed by atoms with Crippen molar-refractivity contribution in [2.45, 2.75) is 20.3 Å². The Kier molecular flexibility index (Phi) is 4.91. The van der Waals surface area contributed by atoms with E-state index in [4.69, 9.17) is 9.47 Å². The van der Waals surface area contributed by atoms with Gasteiger partial charge in [-0.2, -0.15) is 0 Å². The number of ether oxygens (including phenoxy) is 2. The normalized spacial score (nSPS) is 10.0. The molecule has 0 bridgehead atoms. The van der Waals surface area contributed by atoms with Crippen molar-refractivity contribution in [2.75, 3.05) is 13.4 Å². The molecule has 1 rings (SSSR count). The van der Waals surface area contributed by atoms with Crippen molar-refractivity contribution in [2.24, 2.45) is 0 Å². The van der Waals surface area contributed by atoms with Gasteiger partial charge in [0.1, 0.15) is 5.75 Å². The van der Waals surface area contributed by atoms with Crippen molar-refractivity contribution in [3.8, 4) is 5.75 Å². The summed E-state index contributed by atoms with van der Waals surface area (Å²) in [4.78, 5) is 0. The van der Waals surface area contributed by atoms with E-state index in [1.165, 1.54) is 0 Å². The van der Waals surface area contributed by atoms with E-state index in [1.54, 1.807) is 0 Å². The fraction of sp³-hybridized carbons (Fsp3) is 0.385. The summed E-state index contributed by atoms with van der Waals surface area (Å²) in [6.07, 6.45) is 2.70. The van der Waals surface area contributed by atoms with Gasteiger partial charge in [0, 0.05) is 6.61 Å². The van der Waals surface area contributed by atoms with Gasteiger partial charge in [-0.3, -0.25) is 0 Å². The highest BCUT2D eigenvalue weighted by atomic mass is 16.7. The fourth-order valence-electron chi connectivity index (χ4n) is 1.42. The molecule has 1 aromatic carbocycles. The van der Waals surface area contributed by atoms with Crippen LogP contribution in [-0.2, 0) is 11.2 Å². The van der Waals surface area contributed by atoms with Crippen LogP contribution in [0.25, 0.3) is 0 Å². The summed E-state index contributed by atoms with van der Waals surface area (Å²) in [5.41, 5.74) is 2.29. The third kappa shape index (κ3) is 3.40. The second-order valence-corrected chi connectivity index (χ2v) is 3.31. The van der Waals surface area contributed by atoms with E-state index in [-0.39, 0.29) is 0 Å². The zero-order valence-corrected chi connectivity index (χ0v) is 9.45. The Morgan fingerprint density at radius 3 is 2.87 bits per heavy atom. The van der Waals surface area contributed by atoms with Crippen molar-refractivity contribution in [3.63, 3.8) is 0 Å². The maximum Gasteiger partial charge on any atom is 0.189 e. The van der Waals surface area contributed by atoms with Gasteiger partial charge in [-0.25, -0.2) is 0 Å². The maximum absolute atomic E-state index is 5.59. The summed E-state index contributed by atoms with van der Waals surface area (Å²) in [7, 11) is 0. The number of rotatable bonds is 6. The molecule has 0 atom stereocenters. The Bertz CT molecular complexity index is 318. The highest BCUT2D eigenvalue weighted by Crippen LogP contribution is 2.24. The number of allylic oxidation sites excluding steroid dienone is 1. The first kappa shape index (κ1) is 11.8. The van der Waals surface area contributed by atoms with Gasteiger partial charge in [-0.1, -0.05) is 24.3 Å². The number of aryl methyl sites for hydroxylation is 1. The number of benzene rings is 1. The second-order valence-electron chi connectivity index (χ2n) is 3.31. The summed E-state index contributed by atoms with van der Waals surface area (Å²) in [5.74, 6) is 0.922. The highest BCUT2D eigenvalue weighted by Gasteiger charge is 2.05. The van der Waals surface area contributed by atoms with Gasteiger partial charge in [0.15, 0.2) is 6.79 Å². The molecule has 2 heteroatoms. The van der Waals surface area contributed by atoms with Crippen molar-refractivity contribution < 1.29 is 9.47 Å². The Balaban J connectivity index is 2.77. The lowest BCUT2D eigenvalue weighted by atomic mass is 10.1. The fourth-order valence-corrected chi connectivity index (χ4v) is 1.42. The molecule has 0 aliphatic heterocycles. The van der Waals surface area contributed by atoms with Crippen molar-refractivity contribution >= 4 is 0 Å². The van der Waals surface area contributed by atoms with Crippen molar-refractivity contribution in [1.82, 2.24) is 0 Å². The van der Waals surface area contributed by atoms with Crippen LogP contribution in [0.2, 0.25) is 0 Å². The number of hydrogen-bond donors (Lipinski definition) is 0. The quantitative estimate of drug-likeness (QED) is 0.404. The minimum absolute atomic E-state index is 0.311. The average Bonchev–Trinajstić information content (AvgIpc) is 2.23. The van der Waals surface area contributed by atoms with Gasteiger partial charge in [0.05, 0.1) is 0 Å². The van der Waals surface area contributed by atoms with Crippen LogP contribution in [0.4, 0.5) is 0 Å². The maximum atomic E-state index is 5.59. The molecule has 0 N–H and O–H groups in total. The lowest BCUT2D eigenvalue weighted by Crippen LogP contribution is -2.05. The standard InChI is InChI=1S/C13H18O2/c1-4-7-12-9-6-8-11(3)13(12)15-10-14-5-2/h4,6,8-9H,1,5,7,10H2,2-3H3. The lowest BCUT2D eigenvalue weighted by molar-refractivity contribution is 0.0215. The predicted molar refractivity (Wildman–Crippen MR) is 62.2 cm³/mol. The van der Waals surface area contributed by atoms with Crippen LogP contribution >= 0.6 is 0 Å². The molecule has 0 radical (unpaired) electrons. The van der Waals surface area contributed by atoms with Gasteiger partial charge < -0.3 is 9.47 Å². The van der Waals surface area contributed by atoms with Crippen LogP contribution in [0.3, 0.4) is 0 Å². The molecule has 82 valence electrons. The average molecular weight is 206 g/mol. The van der Waals surface area contributed by atoms with Gasteiger partial charge in [0.2, 0.25) is 0 Å². The third-order valence-electron chi connectivity index (χ3n) is 2.15. The minimum atomic E-state index is 0.311. The molecule has 0 unspecified atom stereocenters. The number of para-hydroxylation sites is 1. The molecular weight excluding hydrogens is 188 g/mol. The topological polar surface area (TPSA) is 18.5 Å². The van der Waals surface area contributed by atoms with E-state index in [1.807, 2.05) is 32.1 Å². The molecule has 2 nitrogen and oxygen atoms in total. The SMILES string of the molecule is C=CCc1cccc(C)c1OCOCC. The zero-order chi connectivity index (χ0) is 11.1. The van der Waals surface area contributed by atoms with Gasteiger partial charge in [0.25, 0.3) is 0 Å². The molecule has 0 saturated carbocycles. The molecule has 0 heterocycles. The first-order valence-electron chi connectivity index (χ1n) is 5.19. The van der Waals surface area contributed by atoms with E-state index in [0.29, 0.717) is 13.4 Å². The van der Waals surface area contributed by atoms with E-state index in [9.17, 15) is 0 Å². The zero-order valence-electron chi connectivity index (χ0n) is 9.45. The highest BCUT2D eigenvalue weighted by molar-refractivity contribution is 5.41. The Morgan fingerprint density at radius 1 is 1.40 bits per heavy atom. The molecule has 0 fully saturated rings. The van der Waals surface area contributed by atoms with Crippen LogP contribution in [0.5, 0.6) is 5.75 Å². The van der Waals surface area contributed by atoms with Crippen LogP contribution < -0.4 is 4.74 Å². The van der Waals surface area contributed by atoms with Gasteiger partial charge in [-0.15, -0.1) is 6.58 Å². The first-order valence-corrected chi connectivity index (χ1v) is 5.19. The van der Waals surface area contributed by atoms with Crippen molar-refractivity contribution in [1.29, 1.82) is 0 Å². The smallest absolute Gasteiger partial charge is 0.189 e. The lowest BCUT2D eigenvalue weighted by Gasteiger charge is -2.12. The van der Waals surface area contributed by atoms with Gasteiger partial charge >= 0.3 is 0 Å². The van der Waals surface area contributed by atoms with Crippen LogP contribution in [-0.4, -0.2) is 13.4 Å². The van der Waals surface area contributed by atoms with E-state index in [0.717, 1.165) is 23.3 Å². The van der Waals surface area contributed by atoms with Crippen LogP contribution in [0, 0.1) is 6.92 Å². The molecule has 1 aromatic rings. The summed E-state index contributed by atoms with van der Waals surface area (Å²) < 4.78 is 10.8. The molecular formula is C13H18O2.